The second kappa shape index (κ2) is 10.2. The molecule has 0 spiro atoms. The van der Waals surface area contributed by atoms with E-state index in [1.807, 2.05) is 42.5 Å². The normalized spacial score (nSPS) is 24.5. The number of rotatable bonds is 10. The fourth-order valence-corrected chi connectivity index (χ4v) is 6.70. The predicted molar refractivity (Wildman–Crippen MR) is 145 cm³/mol. The number of nitrogens with zero attached hydrogens (tertiary/aromatic N) is 1. The third kappa shape index (κ3) is 5.06. The molecule has 7 rings (SSSR count). The second-order valence-corrected chi connectivity index (χ2v) is 12.0. The van der Waals surface area contributed by atoms with Crippen molar-refractivity contribution in [2.45, 2.75) is 75.9 Å². The summed E-state index contributed by atoms with van der Waals surface area (Å²) in [6.07, 6.45) is 8.15. The van der Waals surface area contributed by atoms with Crippen LogP contribution >= 0.6 is 23.2 Å². The summed E-state index contributed by atoms with van der Waals surface area (Å²) in [6.45, 7) is 1.03. The summed E-state index contributed by atoms with van der Waals surface area (Å²) >= 11 is 13.1. The quantitative estimate of drug-likeness (QED) is 0.274. The first-order chi connectivity index (χ1) is 18.4. The Labute approximate surface area is 232 Å². The first-order valence-corrected chi connectivity index (χ1v) is 14.1. The monoisotopic (exact) mass is 555 g/mol. The van der Waals surface area contributed by atoms with Crippen molar-refractivity contribution in [3.63, 3.8) is 0 Å². The van der Waals surface area contributed by atoms with E-state index in [0.717, 1.165) is 68.3 Å². The number of para-hydroxylation sites is 1. The van der Waals surface area contributed by atoms with Crippen molar-refractivity contribution in [2.75, 3.05) is 6.61 Å². The predicted octanol–water partition coefficient (Wildman–Crippen LogP) is 7.84. The van der Waals surface area contributed by atoms with Gasteiger partial charge in [0.15, 0.2) is 0 Å². The van der Waals surface area contributed by atoms with Gasteiger partial charge in [0.1, 0.15) is 17.2 Å². The molecule has 4 aliphatic carbocycles. The van der Waals surface area contributed by atoms with Crippen molar-refractivity contribution in [3.8, 4) is 17.0 Å². The summed E-state index contributed by atoms with van der Waals surface area (Å²) in [4.78, 5) is 11.2. The molecule has 4 fully saturated rings. The van der Waals surface area contributed by atoms with E-state index in [4.69, 9.17) is 37.2 Å². The van der Waals surface area contributed by atoms with Crippen LogP contribution < -0.4 is 4.74 Å². The first-order valence-electron chi connectivity index (χ1n) is 13.4. The van der Waals surface area contributed by atoms with Gasteiger partial charge in [-0.1, -0.05) is 52.6 Å². The number of aliphatic carboxylic acids is 1. The zero-order chi connectivity index (χ0) is 26.3. The number of aromatic nitrogens is 1. The molecule has 1 heterocycles. The van der Waals surface area contributed by atoms with E-state index < -0.39 is 5.97 Å². The summed E-state index contributed by atoms with van der Waals surface area (Å²) in [5.74, 6) is 1.12. The van der Waals surface area contributed by atoms with E-state index in [1.165, 1.54) is 0 Å². The maximum atomic E-state index is 11.2. The lowest BCUT2D eigenvalue weighted by atomic mass is 9.59. The molecule has 0 aliphatic heterocycles. The minimum Gasteiger partial charge on any atom is -0.493 e. The lowest BCUT2D eigenvalue weighted by Gasteiger charge is -2.52. The van der Waals surface area contributed by atoms with Crippen LogP contribution in [0.25, 0.3) is 11.3 Å². The Hall–Kier alpha value is -2.54. The summed E-state index contributed by atoms with van der Waals surface area (Å²) in [5.41, 5.74) is 3.02. The number of carboxylic acid groups (broad SMARTS) is 1. The highest BCUT2D eigenvalue weighted by atomic mass is 35.5. The fourth-order valence-electron chi connectivity index (χ4n) is 6.12. The smallest absolute Gasteiger partial charge is 0.307 e. The Balaban J connectivity index is 1.14. The second-order valence-electron chi connectivity index (χ2n) is 11.2. The highest BCUT2D eigenvalue weighted by Gasteiger charge is 2.50. The van der Waals surface area contributed by atoms with Gasteiger partial charge < -0.3 is 19.1 Å². The van der Waals surface area contributed by atoms with Crippen LogP contribution in [0.5, 0.6) is 5.75 Å². The SMILES string of the molecule is O=C(O)Cc1ccccc1OCC12CCC(OCc3c(-c4c(Cl)cccc4Cl)noc3C3CC3)(CC1)CC2. The molecule has 4 saturated carbocycles. The minimum atomic E-state index is -0.853. The molecule has 200 valence electrons. The summed E-state index contributed by atoms with van der Waals surface area (Å²) in [7, 11) is 0. The van der Waals surface area contributed by atoms with Gasteiger partial charge in [-0.05, 0) is 69.6 Å². The molecule has 8 heteroatoms. The number of fused-ring (bicyclic) bond motifs is 3. The number of benzene rings is 2. The molecule has 1 N–H and O–H groups in total. The van der Waals surface area contributed by atoms with Crippen LogP contribution in [0.15, 0.2) is 47.0 Å². The molecule has 0 unspecified atom stereocenters. The third-order valence-corrected chi connectivity index (χ3v) is 9.30. The molecular weight excluding hydrogens is 525 g/mol. The minimum absolute atomic E-state index is 0.0345. The molecule has 1 aromatic heterocycles. The van der Waals surface area contributed by atoms with Crippen molar-refractivity contribution in [3.05, 3.63) is 69.4 Å². The molecular formula is C30H31Cl2NO5. The highest BCUT2D eigenvalue weighted by molar-refractivity contribution is 6.39. The van der Waals surface area contributed by atoms with Gasteiger partial charge in [-0.3, -0.25) is 4.79 Å². The standard InChI is InChI=1S/C30H31Cl2NO5/c31-22-5-3-6-23(32)26(22)27-21(28(38-33-27)19-8-9-19)17-37-30-13-10-29(11-14-30,12-15-30)18-36-24-7-2-1-4-20(24)16-25(34)35/h1-7,19H,8-18H2,(H,34,35). The molecule has 2 bridgehead atoms. The average Bonchev–Trinajstić information content (AvgIpc) is 3.68. The fraction of sp³-hybridized carbons (Fsp3) is 0.467. The third-order valence-electron chi connectivity index (χ3n) is 8.67. The van der Waals surface area contributed by atoms with E-state index in [-0.39, 0.29) is 17.4 Å². The topological polar surface area (TPSA) is 81.8 Å². The van der Waals surface area contributed by atoms with Crippen molar-refractivity contribution in [1.82, 2.24) is 5.16 Å². The number of hydrogen-bond donors (Lipinski definition) is 1. The zero-order valence-electron chi connectivity index (χ0n) is 21.2. The molecule has 6 nitrogen and oxygen atoms in total. The van der Waals surface area contributed by atoms with Gasteiger partial charge in [0.2, 0.25) is 0 Å². The van der Waals surface area contributed by atoms with Crippen LogP contribution in [0.4, 0.5) is 0 Å². The van der Waals surface area contributed by atoms with Crippen molar-refractivity contribution in [2.24, 2.45) is 5.41 Å². The van der Waals surface area contributed by atoms with Crippen molar-refractivity contribution in [1.29, 1.82) is 0 Å². The van der Waals surface area contributed by atoms with E-state index in [2.05, 4.69) is 5.16 Å². The Morgan fingerprint density at radius 2 is 1.68 bits per heavy atom. The number of hydrogen-bond acceptors (Lipinski definition) is 5. The van der Waals surface area contributed by atoms with Crippen molar-refractivity contribution < 1.29 is 23.9 Å². The lowest BCUT2D eigenvalue weighted by molar-refractivity contribution is -0.150. The first kappa shape index (κ1) is 25.7. The maximum absolute atomic E-state index is 11.2. The van der Waals surface area contributed by atoms with Crippen LogP contribution in [0, 0.1) is 5.41 Å². The Bertz CT molecular complexity index is 1300. The van der Waals surface area contributed by atoms with Crippen LogP contribution in [0.3, 0.4) is 0 Å². The number of carboxylic acids is 1. The molecule has 0 amide bonds. The Morgan fingerprint density at radius 1 is 1.00 bits per heavy atom. The number of ether oxygens (including phenoxy) is 2. The van der Waals surface area contributed by atoms with Crippen LogP contribution in [-0.2, 0) is 22.6 Å². The lowest BCUT2D eigenvalue weighted by Crippen LogP contribution is -2.49. The molecule has 0 atom stereocenters. The number of halogens is 2. The van der Waals surface area contributed by atoms with Gasteiger partial charge in [0, 0.05) is 28.0 Å². The summed E-state index contributed by atoms with van der Waals surface area (Å²) in [6, 6.07) is 12.9. The maximum Gasteiger partial charge on any atom is 0.307 e. The van der Waals surface area contributed by atoms with Gasteiger partial charge in [-0.2, -0.15) is 0 Å². The van der Waals surface area contributed by atoms with E-state index >= 15 is 0 Å². The zero-order valence-corrected chi connectivity index (χ0v) is 22.7. The molecule has 3 aromatic rings. The summed E-state index contributed by atoms with van der Waals surface area (Å²) in [5, 5.41) is 14.7. The Morgan fingerprint density at radius 3 is 2.34 bits per heavy atom. The van der Waals surface area contributed by atoms with E-state index in [9.17, 15) is 9.90 Å². The largest absolute Gasteiger partial charge is 0.493 e. The van der Waals surface area contributed by atoms with E-state index in [1.54, 1.807) is 0 Å². The molecule has 4 aliphatic rings. The Kier molecular flexibility index (Phi) is 6.91. The molecule has 0 saturated heterocycles. The van der Waals surface area contributed by atoms with Crippen molar-refractivity contribution >= 4 is 29.2 Å². The molecule has 0 radical (unpaired) electrons. The van der Waals surface area contributed by atoms with Gasteiger partial charge in [-0.15, -0.1) is 0 Å². The highest BCUT2D eigenvalue weighted by Crippen LogP contribution is 2.55. The van der Waals surface area contributed by atoms with Gasteiger partial charge in [-0.25, -0.2) is 0 Å². The number of carbonyl (C=O) groups is 1. The van der Waals surface area contributed by atoms with E-state index in [0.29, 0.717) is 46.2 Å². The van der Waals surface area contributed by atoms with Crippen LogP contribution in [0.1, 0.15) is 74.2 Å². The summed E-state index contributed by atoms with van der Waals surface area (Å²) < 4.78 is 18.8. The molecule has 2 aromatic carbocycles. The molecule has 38 heavy (non-hydrogen) atoms. The van der Waals surface area contributed by atoms with Crippen LogP contribution in [0.2, 0.25) is 10.0 Å². The average molecular weight is 556 g/mol. The van der Waals surface area contributed by atoms with Crippen LogP contribution in [-0.4, -0.2) is 28.4 Å². The van der Waals surface area contributed by atoms with Gasteiger partial charge in [0.25, 0.3) is 0 Å². The van der Waals surface area contributed by atoms with Gasteiger partial charge in [0.05, 0.1) is 35.3 Å². The van der Waals surface area contributed by atoms with Gasteiger partial charge >= 0.3 is 5.97 Å².